The Kier molecular flexibility index (Phi) is 7.32. The number of para-hydroxylation sites is 1. The summed E-state index contributed by atoms with van der Waals surface area (Å²) in [7, 11) is 0. The Balaban J connectivity index is 2.14. The number of fused-ring (bicyclic) bond motifs is 1. The van der Waals surface area contributed by atoms with E-state index in [1.807, 2.05) is 24.3 Å². The number of aliphatic carboxylic acids is 1. The Hall–Kier alpha value is -2.95. The van der Waals surface area contributed by atoms with Gasteiger partial charge in [-0.05, 0) is 25.5 Å². The van der Waals surface area contributed by atoms with Crippen LogP contribution in [0.25, 0.3) is 10.9 Å². The number of aromatic nitrogens is 1. The number of carbonyl (C=O) groups is 3. The maximum absolute atomic E-state index is 12.6. The first-order chi connectivity index (χ1) is 13.6. The third kappa shape index (κ3) is 5.53. The van der Waals surface area contributed by atoms with Crippen LogP contribution in [0, 0.1) is 0 Å². The van der Waals surface area contributed by atoms with Crippen molar-refractivity contribution in [3.8, 4) is 0 Å². The van der Waals surface area contributed by atoms with Crippen LogP contribution in [0.15, 0.2) is 30.5 Å². The molecule has 29 heavy (non-hydrogen) atoms. The number of nitrogens with two attached hydrogens (primary N) is 1. The highest BCUT2D eigenvalue weighted by Gasteiger charge is 2.32. The molecule has 10 nitrogen and oxygen atoms in total. The molecule has 0 bridgehead atoms. The molecule has 0 aliphatic rings. The van der Waals surface area contributed by atoms with E-state index in [4.69, 9.17) is 5.73 Å². The number of aliphatic hydroxyl groups excluding tert-OH is 2. The Labute approximate surface area is 167 Å². The molecule has 2 aromatic rings. The molecule has 2 amide bonds. The van der Waals surface area contributed by atoms with Crippen molar-refractivity contribution >= 4 is 28.7 Å². The lowest BCUT2D eigenvalue weighted by Gasteiger charge is -2.25. The molecule has 0 aliphatic heterocycles. The van der Waals surface area contributed by atoms with Crippen molar-refractivity contribution in [2.24, 2.45) is 5.73 Å². The van der Waals surface area contributed by atoms with Crippen LogP contribution >= 0.6 is 0 Å². The summed E-state index contributed by atoms with van der Waals surface area (Å²) in [6.45, 7) is 2.58. The second-order valence-corrected chi connectivity index (χ2v) is 6.96. The highest BCUT2D eigenvalue weighted by Crippen LogP contribution is 2.19. The second-order valence-electron chi connectivity index (χ2n) is 6.96. The number of carboxylic acid groups (broad SMARTS) is 1. The molecule has 0 saturated heterocycles. The average molecular weight is 406 g/mol. The molecular weight excluding hydrogens is 380 g/mol. The number of H-pyrrole nitrogens is 1. The van der Waals surface area contributed by atoms with Gasteiger partial charge in [0.25, 0.3) is 0 Å². The van der Waals surface area contributed by atoms with Gasteiger partial charge in [0.15, 0.2) is 0 Å². The minimum Gasteiger partial charge on any atom is -0.480 e. The largest absolute Gasteiger partial charge is 0.480 e. The lowest BCUT2D eigenvalue weighted by Crippen LogP contribution is -2.59. The predicted octanol–water partition coefficient (Wildman–Crippen LogP) is -1.15. The summed E-state index contributed by atoms with van der Waals surface area (Å²) in [5.41, 5.74) is 7.06. The molecule has 0 radical (unpaired) electrons. The van der Waals surface area contributed by atoms with Crippen molar-refractivity contribution in [2.45, 2.75) is 50.6 Å². The zero-order chi connectivity index (χ0) is 21.7. The van der Waals surface area contributed by atoms with Crippen LogP contribution < -0.4 is 16.4 Å². The number of amides is 2. The van der Waals surface area contributed by atoms with Gasteiger partial charge >= 0.3 is 5.97 Å². The van der Waals surface area contributed by atoms with E-state index in [1.165, 1.54) is 13.8 Å². The predicted molar refractivity (Wildman–Crippen MR) is 105 cm³/mol. The molecule has 10 heteroatoms. The van der Waals surface area contributed by atoms with Crippen molar-refractivity contribution in [1.29, 1.82) is 0 Å². The van der Waals surface area contributed by atoms with Crippen molar-refractivity contribution in [3.63, 3.8) is 0 Å². The number of aliphatic hydroxyl groups is 2. The smallest absolute Gasteiger partial charge is 0.326 e. The summed E-state index contributed by atoms with van der Waals surface area (Å²) in [4.78, 5) is 39.3. The van der Waals surface area contributed by atoms with Gasteiger partial charge in [0.1, 0.15) is 18.1 Å². The summed E-state index contributed by atoms with van der Waals surface area (Å²) in [6.07, 6.45) is -0.815. The molecule has 1 heterocycles. The van der Waals surface area contributed by atoms with Gasteiger partial charge in [0.2, 0.25) is 11.8 Å². The first-order valence-corrected chi connectivity index (χ1v) is 9.12. The van der Waals surface area contributed by atoms with Gasteiger partial charge in [-0.1, -0.05) is 18.2 Å². The van der Waals surface area contributed by atoms with Gasteiger partial charge in [-0.25, -0.2) is 4.79 Å². The fourth-order valence-electron chi connectivity index (χ4n) is 2.86. The number of rotatable bonds is 9. The van der Waals surface area contributed by atoms with Crippen molar-refractivity contribution < 1.29 is 29.7 Å². The number of carboxylic acids is 1. The molecule has 0 fully saturated rings. The van der Waals surface area contributed by atoms with Gasteiger partial charge in [0, 0.05) is 23.5 Å². The Morgan fingerprint density at radius 2 is 1.72 bits per heavy atom. The maximum atomic E-state index is 12.6. The monoisotopic (exact) mass is 406 g/mol. The van der Waals surface area contributed by atoms with E-state index in [0.29, 0.717) is 5.56 Å². The molecule has 5 unspecified atom stereocenters. The van der Waals surface area contributed by atoms with E-state index in [-0.39, 0.29) is 6.42 Å². The fraction of sp³-hybridized carbons (Fsp3) is 0.421. The van der Waals surface area contributed by atoms with Crippen molar-refractivity contribution in [3.05, 3.63) is 36.0 Å². The molecule has 1 aromatic carbocycles. The van der Waals surface area contributed by atoms with E-state index in [2.05, 4.69) is 15.6 Å². The zero-order valence-electron chi connectivity index (χ0n) is 16.1. The molecule has 2 rings (SSSR count). The number of hydrogen-bond donors (Lipinski definition) is 7. The Bertz CT molecular complexity index is 878. The maximum Gasteiger partial charge on any atom is 0.326 e. The summed E-state index contributed by atoms with van der Waals surface area (Å²) in [5.74, 6) is -2.98. The standard InChI is InChI=1S/C19H26N4O6/c1-9(24)15(20)17(26)23-16(10(2)25)18(27)22-14(19(28)29)7-11-8-21-13-6-4-3-5-12(11)13/h3-6,8-10,14-16,21,24-25H,7,20H2,1-2H3,(H,22,27)(H,23,26)(H,28,29). The number of nitrogens with one attached hydrogen (secondary N) is 3. The van der Waals surface area contributed by atoms with Gasteiger partial charge in [0.05, 0.1) is 12.2 Å². The molecule has 5 atom stereocenters. The van der Waals surface area contributed by atoms with Gasteiger partial charge in [-0.2, -0.15) is 0 Å². The minimum absolute atomic E-state index is 0.00124. The third-order valence-corrected chi connectivity index (χ3v) is 4.60. The zero-order valence-corrected chi connectivity index (χ0v) is 16.1. The molecule has 0 spiro atoms. The Morgan fingerprint density at radius 1 is 1.07 bits per heavy atom. The van der Waals surface area contributed by atoms with E-state index in [0.717, 1.165) is 10.9 Å². The van der Waals surface area contributed by atoms with Crippen LogP contribution in [-0.4, -0.2) is 68.4 Å². The van der Waals surface area contributed by atoms with Crippen LogP contribution in [0.1, 0.15) is 19.4 Å². The highest BCUT2D eigenvalue weighted by molar-refractivity contribution is 5.92. The average Bonchev–Trinajstić information content (AvgIpc) is 3.07. The number of carbonyl (C=O) groups excluding carboxylic acids is 2. The van der Waals surface area contributed by atoms with Gasteiger partial charge in [-0.3, -0.25) is 9.59 Å². The third-order valence-electron chi connectivity index (χ3n) is 4.60. The summed E-state index contributed by atoms with van der Waals surface area (Å²) < 4.78 is 0. The SMILES string of the molecule is CC(O)C(N)C(=O)NC(C(=O)NC(Cc1c[nH]c2ccccc12)C(=O)O)C(C)O. The van der Waals surface area contributed by atoms with E-state index in [1.54, 1.807) is 6.20 Å². The first kappa shape index (κ1) is 22.3. The second kappa shape index (κ2) is 9.50. The van der Waals surface area contributed by atoms with Gasteiger partial charge < -0.3 is 36.7 Å². The number of aromatic amines is 1. The quantitative estimate of drug-likeness (QED) is 0.275. The molecular formula is C19H26N4O6. The van der Waals surface area contributed by atoms with Crippen LogP contribution in [0.4, 0.5) is 0 Å². The van der Waals surface area contributed by atoms with Crippen LogP contribution in [0.5, 0.6) is 0 Å². The fourth-order valence-corrected chi connectivity index (χ4v) is 2.86. The van der Waals surface area contributed by atoms with Crippen molar-refractivity contribution in [2.75, 3.05) is 0 Å². The van der Waals surface area contributed by atoms with Crippen LogP contribution in [0.2, 0.25) is 0 Å². The summed E-state index contributed by atoms with van der Waals surface area (Å²) >= 11 is 0. The van der Waals surface area contributed by atoms with Crippen LogP contribution in [0.3, 0.4) is 0 Å². The van der Waals surface area contributed by atoms with Gasteiger partial charge in [-0.15, -0.1) is 0 Å². The van der Waals surface area contributed by atoms with E-state index in [9.17, 15) is 29.7 Å². The van der Waals surface area contributed by atoms with Crippen molar-refractivity contribution in [1.82, 2.24) is 15.6 Å². The molecule has 158 valence electrons. The van der Waals surface area contributed by atoms with E-state index < -0.39 is 48.1 Å². The molecule has 1 aromatic heterocycles. The Morgan fingerprint density at radius 3 is 2.31 bits per heavy atom. The summed E-state index contributed by atoms with van der Waals surface area (Å²) in [5, 5.41) is 34.2. The summed E-state index contributed by atoms with van der Waals surface area (Å²) in [6, 6.07) is 3.31. The van der Waals surface area contributed by atoms with Crippen LogP contribution in [-0.2, 0) is 20.8 Å². The highest BCUT2D eigenvalue weighted by atomic mass is 16.4. The normalized spacial score (nSPS) is 16.4. The number of benzene rings is 1. The van der Waals surface area contributed by atoms with E-state index >= 15 is 0 Å². The first-order valence-electron chi connectivity index (χ1n) is 9.12. The lowest BCUT2D eigenvalue weighted by molar-refractivity contribution is -0.143. The molecule has 8 N–H and O–H groups in total. The molecule has 0 saturated carbocycles. The topological polar surface area (TPSA) is 178 Å². The number of hydrogen-bond acceptors (Lipinski definition) is 6. The minimum atomic E-state index is -1.43. The lowest BCUT2D eigenvalue weighted by atomic mass is 10.0. The molecule has 0 aliphatic carbocycles.